The zero-order valence-electron chi connectivity index (χ0n) is 15.1. The summed E-state index contributed by atoms with van der Waals surface area (Å²) in [6.45, 7) is 2.03. The Bertz CT molecular complexity index is 1080. The Morgan fingerprint density at radius 2 is 2.00 bits per heavy atom. The molecule has 0 saturated heterocycles. The van der Waals surface area contributed by atoms with E-state index in [9.17, 15) is 4.79 Å². The molecule has 2 saturated carbocycles. The van der Waals surface area contributed by atoms with Gasteiger partial charge in [-0.3, -0.25) is 0 Å². The van der Waals surface area contributed by atoms with Gasteiger partial charge in [0.25, 0.3) is 0 Å². The molecular weight excluding hydrogens is 382 g/mol. The summed E-state index contributed by atoms with van der Waals surface area (Å²) in [4.78, 5) is 12.0. The van der Waals surface area contributed by atoms with Gasteiger partial charge in [-0.2, -0.15) is 0 Å². The van der Waals surface area contributed by atoms with Crippen molar-refractivity contribution in [1.29, 1.82) is 0 Å². The van der Waals surface area contributed by atoms with Crippen molar-refractivity contribution in [1.82, 2.24) is 14.8 Å². The number of aryl methyl sites for hydroxylation is 1. The van der Waals surface area contributed by atoms with Crippen molar-refractivity contribution in [3.63, 3.8) is 0 Å². The van der Waals surface area contributed by atoms with Crippen LogP contribution in [-0.2, 0) is 12.2 Å². The Morgan fingerprint density at radius 3 is 2.70 bits per heavy atom. The van der Waals surface area contributed by atoms with Crippen molar-refractivity contribution >= 4 is 34.3 Å². The van der Waals surface area contributed by atoms with E-state index in [4.69, 9.17) is 16.0 Å². The molecule has 2 aromatic heterocycles. The lowest BCUT2D eigenvalue weighted by molar-refractivity contribution is 0.559. The summed E-state index contributed by atoms with van der Waals surface area (Å²) in [6, 6.07) is 5.91. The number of fused-ring (bicyclic) bond motifs is 1. The van der Waals surface area contributed by atoms with Crippen LogP contribution in [0.1, 0.15) is 61.5 Å². The van der Waals surface area contributed by atoms with E-state index in [1.807, 2.05) is 19.1 Å². The van der Waals surface area contributed by atoms with E-state index in [-0.39, 0.29) is 5.63 Å². The number of rotatable bonds is 6. The molecule has 2 fully saturated rings. The van der Waals surface area contributed by atoms with E-state index < -0.39 is 0 Å². The second-order valence-electron chi connectivity index (χ2n) is 7.39. The van der Waals surface area contributed by atoms with E-state index in [1.165, 1.54) is 25.7 Å². The van der Waals surface area contributed by atoms with Crippen LogP contribution in [0.5, 0.6) is 0 Å². The maximum Gasteiger partial charge on any atom is 0.336 e. The molecule has 2 aliphatic carbocycles. The average molecular weight is 402 g/mol. The van der Waals surface area contributed by atoms with Gasteiger partial charge in [0.15, 0.2) is 5.16 Å². The number of aromatic nitrogens is 3. The quantitative estimate of drug-likeness (QED) is 0.424. The summed E-state index contributed by atoms with van der Waals surface area (Å²) in [5.41, 5.74) is 2.18. The Hall–Kier alpha value is -1.79. The summed E-state index contributed by atoms with van der Waals surface area (Å²) in [7, 11) is 0. The molecular formula is C20H20ClN3O2S. The summed E-state index contributed by atoms with van der Waals surface area (Å²) in [6.07, 6.45) is 5.65. The topological polar surface area (TPSA) is 60.9 Å². The minimum absolute atomic E-state index is 0.329. The maximum atomic E-state index is 12.0. The van der Waals surface area contributed by atoms with Crippen molar-refractivity contribution in [2.75, 3.05) is 0 Å². The molecule has 7 heteroatoms. The third-order valence-corrected chi connectivity index (χ3v) is 6.62. The van der Waals surface area contributed by atoms with Crippen molar-refractivity contribution in [2.45, 2.75) is 61.9 Å². The third kappa shape index (κ3) is 3.29. The van der Waals surface area contributed by atoms with Crippen molar-refractivity contribution in [2.24, 2.45) is 0 Å². The minimum Gasteiger partial charge on any atom is -0.423 e. The van der Waals surface area contributed by atoms with Crippen molar-refractivity contribution < 1.29 is 4.42 Å². The molecule has 0 bridgehead atoms. The van der Waals surface area contributed by atoms with Gasteiger partial charge in [-0.25, -0.2) is 4.79 Å². The molecule has 1 aromatic carbocycles. The minimum atomic E-state index is -0.329. The van der Waals surface area contributed by atoms with Crippen LogP contribution in [0.3, 0.4) is 0 Å². The summed E-state index contributed by atoms with van der Waals surface area (Å²) in [5, 5.41) is 11.5. The van der Waals surface area contributed by atoms with Crippen LogP contribution in [-0.4, -0.2) is 14.8 Å². The molecule has 2 heterocycles. The first-order valence-corrected chi connectivity index (χ1v) is 10.8. The lowest BCUT2D eigenvalue weighted by atomic mass is 10.1. The SMILES string of the molecule is CCc1cc2oc(=O)cc(CSc3nnc(C4CC4)n3C3CC3)c2cc1Cl. The molecule has 3 aromatic rings. The lowest BCUT2D eigenvalue weighted by Crippen LogP contribution is -2.03. The second kappa shape index (κ2) is 6.67. The number of thioether (sulfide) groups is 1. The van der Waals surface area contributed by atoms with Gasteiger partial charge in [0, 0.05) is 34.2 Å². The first-order chi connectivity index (χ1) is 13.1. The Balaban J connectivity index is 1.48. The fourth-order valence-electron chi connectivity index (χ4n) is 3.50. The highest BCUT2D eigenvalue weighted by molar-refractivity contribution is 7.98. The highest BCUT2D eigenvalue weighted by atomic mass is 35.5. The third-order valence-electron chi connectivity index (χ3n) is 5.28. The second-order valence-corrected chi connectivity index (χ2v) is 8.74. The van der Waals surface area contributed by atoms with Gasteiger partial charge in [0.2, 0.25) is 0 Å². The number of hydrogen-bond acceptors (Lipinski definition) is 5. The Labute approximate surface area is 166 Å². The van der Waals surface area contributed by atoms with Gasteiger partial charge >= 0.3 is 5.63 Å². The highest BCUT2D eigenvalue weighted by Crippen LogP contribution is 2.46. The maximum absolute atomic E-state index is 12.0. The van der Waals surface area contributed by atoms with Gasteiger partial charge < -0.3 is 8.98 Å². The van der Waals surface area contributed by atoms with Crippen LogP contribution in [0.2, 0.25) is 5.02 Å². The first-order valence-electron chi connectivity index (χ1n) is 9.46. The molecule has 0 amide bonds. The smallest absolute Gasteiger partial charge is 0.336 e. The molecule has 2 aliphatic rings. The average Bonchev–Trinajstić information content (AvgIpc) is 3.58. The van der Waals surface area contributed by atoms with Crippen LogP contribution in [0.25, 0.3) is 11.0 Å². The number of nitrogens with zero attached hydrogens (tertiary/aromatic N) is 3. The van der Waals surface area contributed by atoms with Crippen LogP contribution in [0.15, 0.2) is 32.6 Å². The number of hydrogen-bond donors (Lipinski definition) is 0. The molecule has 27 heavy (non-hydrogen) atoms. The van der Waals surface area contributed by atoms with Crippen LogP contribution >= 0.6 is 23.4 Å². The Morgan fingerprint density at radius 1 is 1.19 bits per heavy atom. The van der Waals surface area contributed by atoms with Crippen molar-refractivity contribution in [3.8, 4) is 0 Å². The van der Waals surface area contributed by atoms with Crippen LogP contribution < -0.4 is 5.63 Å². The zero-order valence-corrected chi connectivity index (χ0v) is 16.6. The van der Waals surface area contributed by atoms with Crippen molar-refractivity contribution in [3.05, 3.63) is 50.6 Å². The number of benzene rings is 1. The summed E-state index contributed by atoms with van der Waals surface area (Å²) < 4.78 is 7.74. The largest absolute Gasteiger partial charge is 0.423 e. The van der Waals surface area contributed by atoms with Crippen LogP contribution in [0.4, 0.5) is 0 Å². The Kier molecular flexibility index (Phi) is 4.28. The summed E-state index contributed by atoms with van der Waals surface area (Å²) in [5.74, 6) is 2.37. The predicted molar refractivity (Wildman–Crippen MR) is 107 cm³/mol. The van der Waals surface area contributed by atoms with Gasteiger partial charge in [-0.15, -0.1) is 10.2 Å². The van der Waals surface area contributed by atoms with E-state index in [2.05, 4.69) is 14.8 Å². The lowest BCUT2D eigenvalue weighted by Gasteiger charge is -2.10. The number of halogens is 1. The molecule has 0 atom stereocenters. The van der Waals surface area contributed by atoms with Gasteiger partial charge in [0.05, 0.1) is 0 Å². The van der Waals surface area contributed by atoms with E-state index in [1.54, 1.807) is 17.8 Å². The molecule has 5 nitrogen and oxygen atoms in total. The molecule has 0 unspecified atom stereocenters. The molecule has 0 spiro atoms. The monoisotopic (exact) mass is 401 g/mol. The van der Waals surface area contributed by atoms with Gasteiger partial charge in [0.1, 0.15) is 11.4 Å². The molecule has 140 valence electrons. The fraction of sp³-hybridized carbons (Fsp3) is 0.450. The fourth-order valence-corrected chi connectivity index (χ4v) is 4.80. The normalized spacial score (nSPS) is 17.0. The van der Waals surface area contributed by atoms with E-state index >= 15 is 0 Å². The highest BCUT2D eigenvalue weighted by Gasteiger charge is 2.36. The van der Waals surface area contributed by atoms with Gasteiger partial charge in [-0.1, -0.05) is 30.3 Å². The van der Waals surface area contributed by atoms with Gasteiger partial charge in [-0.05, 0) is 55.4 Å². The molecule has 0 radical (unpaired) electrons. The first kappa shape index (κ1) is 17.3. The molecule has 0 aliphatic heterocycles. The standard InChI is InChI=1S/C20H20ClN3O2S/c1-2-11-7-17-15(9-16(11)21)13(8-18(25)26-17)10-27-20-23-22-19(12-3-4-12)24(20)14-5-6-14/h7-9,12,14H,2-6,10H2,1H3. The van der Waals surface area contributed by atoms with Crippen LogP contribution in [0, 0.1) is 0 Å². The van der Waals surface area contributed by atoms with E-state index in [0.717, 1.165) is 33.9 Å². The van der Waals surface area contributed by atoms with E-state index in [0.29, 0.717) is 28.3 Å². The zero-order chi connectivity index (χ0) is 18.5. The molecule has 0 N–H and O–H groups in total. The summed E-state index contributed by atoms with van der Waals surface area (Å²) >= 11 is 8.04. The predicted octanol–water partition coefficient (Wildman–Crippen LogP) is 5.10. The molecule has 5 rings (SSSR count).